The summed E-state index contributed by atoms with van der Waals surface area (Å²) in [6, 6.07) is 2.97. The average molecular weight is 285 g/mol. The third kappa shape index (κ3) is 2.77. The van der Waals surface area contributed by atoms with Crippen LogP contribution in [0.25, 0.3) is 0 Å². The van der Waals surface area contributed by atoms with Crippen LogP contribution in [0, 0.1) is 5.92 Å². The van der Waals surface area contributed by atoms with E-state index in [2.05, 4.69) is 15.3 Å². The topological polar surface area (TPSA) is 91.7 Å². The molecule has 1 aliphatic heterocycles. The standard InChI is InChI=1S/C13H15N3O3.Na.H/c1-7(2)13(3)12(19)15-10(16-13)9-8(11(17)18)5-4-6-14-9;;/h4-7H,1-3H3,(H,17,18)(H,15,16,19);;. The summed E-state index contributed by atoms with van der Waals surface area (Å²) in [4.78, 5) is 31.1. The van der Waals surface area contributed by atoms with Gasteiger partial charge < -0.3 is 10.4 Å². The molecule has 1 amide bonds. The number of aromatic nitrogens is 1. The molecular weight excluding hydrogens is 269 g/mol. The fourth-order valence-electron chi connectivity index (χ4n) is 1.82. The summed E-state index contributed by atoms with van der Waals surface area (Å²) in [7, 11) is 0. The minimum atomic E-state index is -1.10. The molecule has 1 aromatic heterocycles. The van der Waals surface area contributed by atoms with Crippen LogP contribution >= 0.6 is 0 Å². The number of aliphatic imine (C=N–C) groups is 1. The van der Waals surface area contributed by atoms with Crippen LogP contribution in [0.5, 0.6) is 0 Å². The van der Waals surface area contributed by atoms with E-state index in [-0.39, 0.29) is 58.5 Å². The van der Waals surface area contributed by atoms with Crippen molar-refractivity contribution in [3.63, 3.8) is 0 Å². The first-order valence-electron chi connectivity index (χ1n) is 5.96. The molecule has 0 fully saturated rings. The zero-order valence-corrected chi connectivity index (χ0v) is 11.0. The third-order valence-electron chi connectivity index (χ3n) is 3.45. The van der Waals surface area contributed by atoms with Crippen LogP contribution in [0.3, 0.4) is 0 Å². The summed E-state index contributed by atoms with van der Waals surface area (Å²) >= 11 is 0. The Labute approximate surface area is 139 Å². The number of hydrogen-bond donors (Lipinski definition) is 2. The van der Waals surface area contributed by atoms with Gasteiger partial charge in [-0.2, -0.15) is 4.99 Å². The number of amides is 1. The number of hydrogen-bond acceptors (Lipinski definition) is 4. The van der Waals surface area contributed by atoms with Crippen molar-refractivity contribution in [1.82, 2.24) is 10.3 Å². The second kappa shape index (κ2) is 6.03. The van der Waals surface area contributed by atoms with Gasteiger partial charge in [-0.1, -0.05) is 13.8 Å². The van der Waals surface area contributed by atoms with E-state index in [1.165, 1.54) is 18.3 Å². The van der Waals surface area contributed by atoms with E-state index in [1.54, 1.807) is 6.92 Å². The van der Waals surface area contributed by atoms with Gasteiger partial charge in [-0.3, -0.25) is 9.78 Å². The first-order chi connectivity index (χ1) is 8.86. The fraction of sp³-hybridized carbons (Fsp3) is 0.385. The first kappa shape index (κ1) is 16.8. The number of pyridine rings is 1. The number of nitrogens with zero attached hydrogens (tertiary/aromatic N) is 2. The van der Waals surface area contributed by atoms with Crippen LogP contribution in [0.15, 0.2) is 23.3 Å². The Bertz CT molecular complexity index is 586. The number of rotatable bonds is 3. The number of carbonyl (C=O) groups excluding carboxylic acids is 1. The molecule has 0 aromatic carbocycles. The summed E-state index contributed by atoms with van der Waals surface area (Å²) in [6.45, 7) is 5.56. The second-order valence-corrected chi connectivity index (χ2v) is 4.95. The van der Waals surface area contributed by atoms with Gasteiger partial charge in [0.1, 0.15) is 11.2 Å². The molecule has 1 aromatic rings. The van der Waals surface area contributed by atoms with Crippen molar-refractivity contribution in [3.8, 4) is 0 Å². The monoisotopic (exact) mass is 285 g/mol. The molecule has 1 aliphatic rings. The molecular formula is C13H16N3NaO3. The van der Waals surface area contributed by atoms with Crippen LogP contribution in [-0.2, 0) is 4.79 Å². The third-order valence-corrected chi connectivity index (χ3v) is 3.45. The minimum absolute atomic E-state index is 0. The summed E-state index contributed by atoms with van der Waals surface area (Å²) in [5.74, 6) is -1.16. The Hall–Kier alpha value is -1.24. The van der Waals surface area contributed by atoms with Gasteiger partial charge in [-0.15, -0.1) is 0 Å². The summed E-state index contributed by atoms with van der Waals surface area (Å²) in [5, 5.41) is 12.1. The van der Waals surface area contributed by atoms with Crippen molar-refractivity contribution in [2.45, 2.75) is 26.3 Å². The van der Waals surface area contributed by atoms with Gasteiger partial charge in [0, 0.05) is 6.20 Å². The molecule has 7 heteroatoms. The number of aromatic carboxylic acids is 1. The van der Waals surface area contributed by atoms with Crippen molar-refractivity contribution < 1.29 is 14.7 Å². The van der Waals surface area contributed by atoms with Crippen molar-refractivity contribution in [1.29, 1.82) is 0 Å². The molecule has 102 valence electrons. The molecule has 0 bridgehead atoms. The first-order valence-corrected chi connectivity index (χ1v) is 5.96. The van der Waals surface area contributed by atoms with Crippen molar-refractivity contribution in [2.75, 3.05) is 0 Å². The van der Waals surface area contributed by atoms with Gasteiger partial charge in [0.2, 0.25) is 0 Å². The molecule has 0 saturated heterocycles. The van der Waals surface area contributed by atoms with Crippen LogP contribution in [-0.4, -0.2) is 62.9 Å². The van der Waals surface area contributed by atoms with Crippen LogP contribution in [0.2, 0.25) is 0 Å². The van der Waals surface area contributed by atoms with Gasteiger partial charge in [-0.25, -0.2) is 4.79 Å². The van der Waals surface area contributed by atoms with E-state index < -0.39 is 11.5 Å². The Morgan fingerprint density at radius 2 is 2.10 bits per heavy atom. The average Bonchev–Trinajstić information content (AvgIpc) is 2.67. The molecule has 0 spiro atoms. The van der Waals surface area contributed by atoms with Crippen molar-refractivity contribution in [2.24, 2.45) is 10.9 Å². The molecule has 2 N–H and O–H groups in total. The second-order valence-electron chi connectivity index (χ2n) is 4.95. The van der Waals surface area contributed by atoms with Gasteiger partial charge in [0.15, 0.2) is 5.84 Å². The Kier molecular flexibility index (Phi) is 5.07. The summed E-state index contributed by atoms with van der Waals surface area (Å²) < 4.78 is 0. The maximum absolute atomic E-state index is 12.0. The molecule has 0 saturated carbocycles. The number of carboxylic acids is 1. The zero-order valence-electron chi connectivity index (χ0n) is 11.0. The predicted molar refractivity (Wildman–Crippen MR) is 76.3 cm³/mol. The van der Waals surface area contributed by atoms with Gasteiger partial charge >= 0.3 is 35.5 Å². The van der Waals surface area contributed by atoms with Crippen LogP contribution in [0.4, 0.5) is 0 Å². The van der Waals surface area contributed by atoms with E-state index in [0.717, 1.165) is 0 Å². The van der Waals surface area contributed by atoms with E-state index in [1.807, 2.05) is 13.8 Å². The van der Waals surface area contributed by atoms with E-state index in [9.17, 15) is 9.59 Å². The fourth-order valence-corrected chi connectivity index (χ4v) is 1.82. The molecule has 2 rings (SSSR count). The van der Waals surface area contributed by atoms with Gasteiger partial charge in [0.05, 0.1) is 5.56 Å². The Morgan fingerprint density at radius 3 is 2.60 bits per heavy atom. The number of amidine groups is 1. The van der Waals surface area contributed by atoms with Crippen LogP contribution < -0.4 is 5.32 Å². The molecule has 0 aliphatic carbocycles. The molecule has 1 unspecified atom stereocenters. The van der Waals surface area contributed by atoms with E-state index in [0.29, 0.717) is 0 Å². The Morgan fingerprint density at radius 1 is 1.45 bits per heavy atom. The molecule has 2 heterocycles. The predicted octanol–water partition coefficient (Wildman–Crippen LogP) is 0.422. The molecule has 1 atom stereocenters. The zero-order chi connectivity index (χ0) is 14.2. The number of carbonyl (C=O) groups is 2. The molecule has 6 nitrogen and oxygen atoms in total. The maximum atomic E-state index is 12.0. The molecule has 20 heavy (non-hydrogen) atoms. The van der Waals surface area contributed by atoms with Crippen LogP contribution in [0.1, 0.15) is 36.8 Å². The van der Waals surface area contributed by atoms with Crippen molar-refractivity contribution >= 4 is 47.3 Å². The summed E-state index contributed by atoms with van der Waals surface area (Å²) in [5.41, 5.74) is -0.606. The van der Waals surface area contributed by atoms with Gasteiger partial charge in [-0.05, 0) is 25.0 Å². The Balaban J connectivity index is 0.00000200. The number of nitrogens with one attached hydrogen (secondary N) is 1. The van der Waals surface area contributed by atoms with E-state index in [4.69, 9.17) is 5.11 Å². The van der Waals surface area contributed by atoms with Gasteiger partial charge in [0.25, 0.3) is 5.91 Å². The molecule has 0 radical (unpaired) electrons. The normalized spacial score (nSPS) is 21.2. The number of carboxylic acid groups (broad SMARTS) is 1. The quantitative estimate of drug-likeness (QED) is 0.785. The van der Waals surface area contributed by atoms with E-state index >= 15 is 0 Å². The summed E-state index contributed by atoms with van der Waals surface area (Å²) in [6.07, 6.45) is 1.47. The SMILES string of the molecule is CC(C)C1(C)NC(c2ncccc2C(=O)O)=NC1=O.[NaH]. The van der Waals surface area contributed by atoms with Crippen molar-refractivity contribution in [3.05, 3.63) is 29.6 Å².